The number of aliphatic hydroxyl groups excluding tert-OH is 1. The van der Waals surface area contributed by atoms with Gasteiger partial charge in [-0.1, -0.05) is 0 Å². The van der Waals surface area contributed by atoms with Crippen LogP contribution in [-0.4, -0.2) is 56.3 Å². The highest BCUT2D eigenvalue weighted by atomic mass is 19.1. The number of hydrogen-bond acceptors (Lipinski definition) is 7. The Balaban J connectivity index is 1.45. The van der Waals surface area contributed by atoms with Crippen molar-refractivity contribution >= 4 is 23.2 Å². The van der Waals surface area contributed by atoms with E-state index in [0.29, 0.717) is 24.7 Å². The second kappa shape index (κ2) is 8.91. The second-order valence-corrected chi connectivity index (χ2v) is 8.04. The lowest BCUT2D eigenvalue weighted by atomic mass is 10.1. The van der Waals surface area contributed by atoms with Gasteiger partial charge < -0.3 is 25.2 Å². The van der Waals surface area contributed by atoms with Crippen LogP contribution >= 0.6 is 0 Å². The molecular weight excluding hydrogens is 413 g/mol. The Hall–Kier alpha value is -3.53. The quantitative estimate of drug-likeness (QED) is 0.519. The summed E-state index contributed by atoms with van der Waals surface area (Å²) in [7, 11) is 0. The summed E-state index contributed by atoms with van der Waals surface area (Å²) in [5.41, 5.74) is 2.59. The van der Waals surface area contributed by atoms with Crippen molar-refractivity contribution in [2.24, 2.45) is 0 Å². The first kappa shape index (κ1) is 21.7. The summed E-state index contributed by atoms with van der Waals surface area (Å²) >= 11 is 0. The molecule has 1 aromatic carbocycles. The summed E-state index contributed by atoms with van der Waals surface area (Å²) in [5.74, 6) is 0.217. The van der Waals surface area contributed by atoms with Gasteiger partial charge in [-0.25, -0.2) is 19.3 Å². The summed E-state index contributed by atoms with van der Waals surface area (Å²) in [4.78, 5) is 26.1. The van der Waals surface area contributed by atoms with Gasteiger partial charge in [-0.05, 0) is 45.0 Å². The number of carbonyl (C=O) groups excluding carboxylic acids is 1. The molecule has 1 amide bonds. The number of nitrogens with zero attached hydrogens (tertiary/aromatic N) is 5. The normalized spacial score (nSPS) is 13.9. The van der Waals surface area contributed by atoms with E-state index in [1.807, 2.05) is 49.6 Å². The maximum atomic E-state index is 14.5. The number of carbonyl (C=O) groups is 1. The SMILES string of the molecule is Cc1ncc(-c2nc(Nc3ccc(N4CC(NC(=O)CO)C4)cc3)ncc2F)n1C(C)C. The standard InChI is InChI=1S/C22H26FN7O2/c1-13(2)30-14(3)24-9-19(30)21-18(23)8-25-22(28-21)27-15-4-6-17(7-5-15)29-10-16(11-29)26-20(32)12-31/h4-9,13,16,31H,10-12H2,1-3H3,(H,26,32)(H,25,27,28). The van der Waals surface area contributed by atoms with Crippen LogP contribution in [-0.2, 0) is 4.79 Å². The molecule has 9 nitrogen and oxygen atoms in total. The van der Waals surface area contributed by atoms with Gasteiger partial charge >= 0.3 is 0 Å². The number of imidazole rings is 1. The summed E-state index contributed by atoms with van der Waals surface area (Å²) < 4.78 is 16.5. The van der Waals surface area contributed by atoms with Gasteiger partial charge in [0.05, 0.1) is 24.1 Å². The highest BCUT2D eigenvalue weighted by molar-refractivity contribution is 5.77. The van der Waals surface area contributed by atoms with E-state index < -0.39 is 12.4 Å². The van der Waals surface area contributed by atoms with E-state index >= 15 is 0 Å². The Morgan fingerprint density at radius 1 is 1.22 bits per heavy atom. The minimum atomic E-state index is -0.506. The molecule has 0 saturated carbocycles. The zero-order valence-electron chi connectivity index (χ0n) is 18.2. The number of anilines is 3. The molecule has 0 aliphatic carbocycles. The molecule has 0 spiro atoms. The molecule has 0 radical (unpaired) electrons. The fourth-order valence-corrected chi connectivity index (χ4v) is 3.83. The lowest BCUT2D eigenvalue weighted by Gasteiger charge is -2.41. The van der Waals surface area contributed by atoms with Crippen LogP contribution in [0.15, 0.2) is 36.7 Å². The lowest BCUT2D eigenvalue weighted by molar-refractivity contribution is -0.124. The predicted octanol–water partition coefficient (Wildman–Crippen LogP) is 2.41. The van der Waals surface area contributed by atoms with Gasteiger partial charge in [-0.2, -0.15) is 0 Å². The fourth-order valence-electron chi connectivity index (χ4n) is 3.83. The van der Waals surface area contributed by atoms with Crippen molar-refractivity contribution in [1.29, 1.82) is 0 Å². The molecular formula is C22H26FN7O2. The molecule has 1 aliphatic rings. The van der Waals surface area contributed by atoms with E-state index in [1.165, 1.54) is 0 Å². The number of aryl methyl sites for hydroxylation is 1. The van der Waals surface area contributed by atoms with Gasteiger partial charge in [0.2, 0.25) is 11.9 Å². The number of amides is 1. The van der Waals surface area contributed by atoms with Crippen molar-refractivity contribution in [3.63, 3.8) is 0 Å². The Morgan fingerprint density at radius 2 is 1.94 bits per heavy atom. The number of nitrogens with one attached hydrogen (secondary N) is 2. The largest absolute Gasteiger partial charge is 0.387 e. The van der Waals surface area contributed by atoms with Crippen LogP contribution in [0.2, 0.25) is 0 Å². The molecule has 10 heteroatoms. The zero-order chi connectivity index (χ0) is 22.8. The van der Waals surface area contributed by atoms with Crippen molar-refractivity contribution in [1.82, 2.24) is 24.8 Å². The number of rotatable bonds is 7. The van der Waals surface area contributed by atoms with E-state index in [0.717, 1.165) is 23.4 Å². The minimum absolute atomic E-state index is 0.0430. The minimum Gasteiger partial charge on any atom is -0.387 e. The monoisotopic (exact) mass is 439 g/mol. The lowest BCUT2D eigenvalue weighted by Crippen LogP contribution is -2.59. The van der Waals surface area contributed by atoms with Crippen molar-refractivity contribution in [3.05, 3.63) is 48.3 Å². The van der Waals surface area contributed by atoms with Crippen LogP contribution in [0.5, 0.6) is 0 Å². The third-order valence-corrected chi connectivity index (χ3v) is 5.36. The van der Waals surface area contributed by atoms with E-state index in [2.05, 4.69) is 30.5 Å². The maximum absolute atomic E-state index is 14.5. The molecule has 1 fully saturated rings. The second-order valence-electron chi connectivity index (χ2n) is 8.04. The zero-order valence-corrected chi connectivity index (χ0v) is 18.2. The topological polar surface area (TPSA) is 108 Å². The fraction of sp³-hybridized carbons (Fsp3) is 0.364. The van der Waals surface area contributed by atoms with Gasteiger partial charge in [-0.3, -0.25) is 4.79 Å². The third kappa shape index (κ3) is 4.40. The molecule has 2 aromatic heterocycles. The third-order valence-electron chi connectivity index (χ3n) is 5.36. The highest BCUT2D eigenvalue weighted by Crippen LogP contribution is 2.27. The molecule has 0 atom stereocenters. The summed E-state index contributed by atoms with van der Waals surface area (Å²) in [5, 5.41) is 14.7. The smallest absolute Gasteiger partial charge is 0.246 e. The Bertz CT molecular complexity index is 1110. The van der Waals surface area contributed by atoms with E-state index in [9.17, 15) is 9.18 Å². The number of hydrogen-bond donors (Lipinski definition) is 3. The molecule has 0 bridgehead atoms. The van der Waals surface area contributed by atoms with Gasteiger partial charge in [0.1, 0.15) is 18.1 Å². The summed E-state index contributed by atoms with van der Waals surface area (Å²) in [6.07, 6.45) is 2.79. The van der Waals surface area contributed by atoms with Crippen molar-refractivity contribution < 1.29 is 14.3 Å². The average Bonchev–Trinajstić information content (AvgIpc) is 3.14. The molecule has 0 unspecified atom stereocenters. The van der Waals surface area contributed by atoms with Crippen LogP contribution in [0.25, 0.3) is 11.4 Å². The van der Waals surface area contributed by atoms with Gasteiger partial charge in [0.15, 0.2) is 5.82 Å². The number of halogens is 1. The number of benzene rings is 1. The molecule has 3 aromatic rings. The number of aliphatic hydroxyl groups is 1. The van der Waals surface area contributed by atoms with Crippen LogP contribution in [0.3, 0.4) is 0 Å². The van der Waals surface area contributed by atoms with Crippen molar-refractivity contribution in [3.8, 4) is 11.4 Å². The molecule has 1 aliphatic heterocycles. The first-order valence-electron chi connectivity index (χ1n) is 10.4. The first-order chi connectivity index (χ1) is 15.4. The van der Waals surface area contributed by atoms with E-state index in [1.54, 1.807) is 6.20 Å². The summed E-state index contributed by atoms with van der Waals surface area (Å²) in [6, 6.07) is 7.85. The highest BCUT2D eigenvalue weighted by Gasteiger charge is 2.27. The van der Waals surface area contributed by atoms with E-state index in [-0.39, 0.29) is 23.7 Å². The van der Waals surface area contributed by atoms with Crippen LogP contribution in [0.4, 0.5) is 21.7 Å². The van der Waals surface area contributed by atoms with Crippen LogP contribution in [0.1, 0.15) is 25.7 Å². The maximum Gasteiger partial charge on any atom is 0.246 e. The summed E-state index contributed by atoms with van der Waals surface area (Å²) in [6.45, 7) is 6.78. The first-order valence-corrected chi connectivity index (χ1v) is 10.4. The van der Waals surface area contributed by atoms with Crippen LogP contribution in [0, 0.1) is 12.7 Å². The van der Waals surface area contributed by atoms with Crippen molar-refractivity contribution in [2.75, 3.05) is 29.9 Å². The Morgan fingerprint density at radius 3 is 2.59 bits per heavy atom. The molecule has 3 N–H and O–H groups in total. The van der Waals surface area contributed by atoms with Gasteiger partial charge in [0.25, 0.3) is 0 Å². The van der Waals surface area contributed by atoms with Crippen LogP contribution < -0.4 is 15.5 Å². The van der Waals surface area contributed by atoms with Gasteiger partial charge in [0, 0.05) is 30.5 Å². The number of aromatic nitrogens is 4. The molecule has 1 saturated heterocycles. The molecule has 32 heavy (non-hydrogen) atoms. The predicted molar refractivity (Wildman–Crippen MR) is 119 cm³/mol. The van der Waals surface area contributed by atoms with Crippen molar-refractivity contribution in [2.45, 2.75) is 32.9 Å². The Labute approximate surface area is 185 Å². The average molecular weight is 439 g/mol. The van der Waals surface area contributed by atoms with Gasteiger partial charge in [-0.15, -0.1) is 0 Å². The molecule has 4 rings (SSSR count). The Kier molecular flexibility index (Phi) is 6.04. The van der Waals surface area contributed by atoms with E-state index in [4.69, 9.17) is 5.11 Å². The molecule has 168 valence electrons. The molecule has 3 heterocycles.